The van der Waals surface area contributed by atoms with Crippen LogP contribution in [0.2, 0.25) is 0 Å². The van der Waals surface area contributed by atoms with Crippen molar-refractivity contribution in [3.8, 4) is 0 Å². The van der Waals surface area contributed by atoms with Crippen molar-refractivity contribution in [1.29, 1.82) is 0 Å². The van der Waals surface area contributed by atoms with Crippen LogP contribution in [0.4, 0.5) is 0 Å². The standard InChI is InChI=1S/C10H20N3/c1-10(2,3)6-13-4-8-9(5-13)12-7-11-8/h4,8-9,11-12H,5-7H2,1-3H3/q+1. The van der Waals surface area contributed by atoms with Gasteiger partial charge in [-0.05, 0) is 0 Å². The molecule has 1 fully saturated rings. The third-order valence-corrected chi connectivity index (χ3v) is 2.62. The van der Waals surface area contributed by atoms with Gasteiger partial charge < -0.3 is 0 Å². The first kappa shape index (κ1) is 9.16. The van der Waals surface area contributed by atoms with Gasteiger partial charge in [0.05, 0.1) is 6.04 Å². The summed E-state index contributed by atoms with van der Waals surface area (Å²) in [5.74, 6) is 0. The van der Waals surface area contributed by atoms with E-state index in [-0.39, 0.29) is 0 Å². The van der Waals surface area contributed by atoms with E-state index in [0.29, 0.717) is 17.5 Å². The molecule has 2 aliphatic heterocycles. The fourth-order valence-electron chi connectivity index (χ4n) is 2.18. The maximum atomic E-state index is 3.45. The second-order valence-electron chi connectivity index (χ2n) is 5.36. The Bertz CT molecular complexity index is 227. The lowest BCUT2D eigenvalue weighted by Gasteiger charge is -2.15. The van der Waals surface area contributed by atoms with Gasteiger partial charge in [0.15, 0.2) is 12.8 Å². The molecule has 2 aliphatic rings. The highest BCUT2D eigenvalue weighted by molar-refractivity contribution is 5.63. The quantitative estimate of drug-likeness (QED) is 0.559. The van der Waals surface area contributed by atoms with E-state index in [1.165, 1.54) is 0 Å². The molecule has 3 heteroatoms. The maximum absolute atomic E-state index is 3.45. The fraction of sp³-hybridized carbons (Fsp3) is 0.900. The molecule has 2 N–H and O–H groups in total. The Morgan fingerprint density at radius 1 is 1.38 bits per heavy atom. The topological polar surface area (TPSA) is 27.1 Å². The summed E-state index contributed by atoms with van der Waals surface area (Å²) in [4.78, 5) is 0. The van der Waals surface area contributed by atoms with E-state index >= 15 is 0 Å². The van der Waals surface area contributed by atoms with E-state index in [1.54, 1.807) is 0 Å². The number of nitrogens with zero attached hydrogens (tertiary/aromatic N) is 1. The SMILES string of the molecule is CC(C)(C)C[N+]1=CC2NCNC2C1. The van der Waals surface area contributed by atoms with Crippen molar-refractivity contribution in [1.82, 2.24) is 10.6 Å². The zero-order valence-electron chi connectivity index (χ0n) is 8.80. The zero-order valence-corrected chi connectivity index (χ0v) is 8.80. The molecule has 0 aromatic rings. The molecule has 2 atom stereocenters. The molecule has 2 heterocycles. The van der Waals surface area contributed by atoms with Gasteiger partial charge in [0.1, 0.15) is 12.6 Å². The summed E-state index contributed by atoms with van der Waals surface area (Å²) in [5.41, 5.74) is 0.398. The molecule has 2 rings (SSSR count). The van der Waals surface area contributed by atoms with Crippen molar-refractivity contribution in [2.75, 3.05) is 19.8 Å². The minimum atomic E-state index is 0.398. The molecule has 0 aliphatic carbocycles. The van der Waals surface area contributed by atoms with Crippen LogP contribution < -0.4 is 10.6 Å². The van der Waals surface area contributed by atoms with Crippen molar-refractivity contribution in [3.63, 3.8) is 0 Å². The summed E-state index contributed by atoms with van der Waals surface area (Å²) in [7, 11) is 0. The summed E-state index contributed by atoms with van der Waals surface area (Å²) in [6.07, 6.45) is 2.34. The Balaban J connectivity index is 1.96. The smallest absolute Gasteiger partial charge is 0.159 e. The summed E-state index contributed by atoms with van der Waals surface area (Å²) < 4.78 is 2.44. The summed E-state index contributed by atoms with van der Waals surface area (Å²) in [6, 6.07) is 1.21. The molecule has 0 amide bonds. The summed E-state index contributed by atoms with van der Waals surface area (Å²) >= 11 is 0. The Kier molecular flexibility index (Phi) is 2.16. The third kappa shape index (κ3) is 2.09. The van der Waals surface area contributed by atoms with Gasteiger partial charge in [0.2, 0.25) is 0 Å². The average Bonchev–Trinajstić information content (AvgIpc) is 2.40. The van der Waals surface area contributed by atoms with Gasteiger partial charge >= 0.3 is 0 Å². The first-order valence-electron chi connectivity index (χ1n) is 5.10. The predicted molar refractivity (Wildman–Crippen MR) is 54.2 cm³/mol. The molecule has 0 saturated carbocycles. The lowest BCUT2D eigenvalue weighted by molar-refractivity contribution is -0.531. The van der Waals surface area contributed by atoms with Gasteiger partial charge in [0, 0.05) is 12.1 Å². The molecule has 0 radical (unpaired) electrons. The van der Waals surface area contributed by atoms with E-state index in [2.05, 4.69) is 42.2 Å². The van der Waals surface area contributed by atoms with Crippen molar-refractivity contribution >= 4 is 6.21 Å². The van der Waals surface area contributed by atoms with Crippen LogP contribution in [0.1, 0.15) is 20.8 Å². The van der Waals surface area contributed by atoms with Gasteiger partial charge in [0.25, 0.3) is 0 Å². The number of hydrogen-bond donors (Lipinski definition) is 2. The molecule has 74 valence electrons. The molecule has 1 saturated heterocycles. The Hall–Kier alpha value is -0.410. The van der Waals surface area contributed by atoms with Crippen LogP contribution >= 0.6 is 0 Å². The third-order valence-electron chi connectivity index (χ3n) is 2.62. The van der Waals surface area contributed by atoms with E-state index < -0.39 is 0 Å². The molecule has 0 aromatic heterocycles. The van der Waals surface area contributed by atoms with Crippen molar-refractivity contribution in [3.05, 3.63) is 0 Å². The van der Waals surface area contributed by atoms with Crippen LogP contribution in [0, 0.1) is 5.41 Å². The molecule has 0 bridgehead atoms. The van der Waals surface area contributed by atoms with E-state index in [9.17, 15) is 0 Å². The van der Waals surface area contributed by atoms with Gasteiger partial charge in [-0.15, -0.1) is 0 Å². The maximum Gasteiger partial charge on any atom is 0.159 e. The molecule has 0 spiro atoms. The minimum Gasteiger partial charge on any atom is -0.294 e. The zero-order chi connectivity index (χ0) is 9.47. The normalized spacial score (nSPS) is 33.3. The van der Waals surface area contributed by atoms with Crippen molar-refractivity contribution in [2.45, 2.75) is 32.9 Å². The van der Waals surface area contributed by atoms with E-state index in [4.69, 9.17) is 0 Å². The highest BCUT2D eigenvalue weighted by Crippen LogP contribution is 2.15. The van der Waals surface area contributed by atoms with Gasteiger partial charge in [-0.2, -0.15) is 0 Å². The van der Waals surface area contributed by atoms with Gasteiger partial charge in [-0.1, -0.05) is 20.8 Å². The number of rotatable bonds is 1. The first-order valence-corrected chi connectivity index (χ1v) is 5.10. The van der Waals surface area contributed by atoms with Crippen LogP contribution in [0.5, 0.6) is 0 Å². The lowest BCUT2D eigenvalue weighted by Crippen LogP contribution is -2.33. The van der Waals surface area contributed by atoms with Crippen LogP contribution in [0.25, 0.3) is 0 Å². The van der Waals surface area contributed by atoms with Crippen LogP contribution in [-0.4, -0.2) is 42.6 Å². The highest BCUT2D eigenvalue weighted by atomic mass is 15.3. The monoisotopic (exact) mass is 182 g/mol. The Morgan fingerprint density at radius 2 is 2.15 bits per heavy atom. The molecule has 0 aromatic carbocycles. The lowest BCUT2D eigenvalue weighted by atomic mass is 9.97. The Morgan fingerprint density at radius 3 is 2.77 bits per heavy atom. The van der Waals surface area contributed by atoms with Crippen LogP contribution in [0.15, 0.2) is 0 Å². The Labute approximate surface area is 80.2 Å². The molecular formula is C10H20N3+. The van der Waals surface area contributed by atoms with E-state index in [0.717, 1.165) is 19.8 Å². The minimum absolute atomic E-state index is 0.398. The van der Waals surface area contributed by atoms with Gasteiger partial charge in [-0.25, -0.2) is 4.58 Å². The summed E-state index contributed by atoms with van der Waals surface area (Å²) in [5, 5.41) is 6.88. The molecule has 3 nitrogen and oxygen atoms in total. The first-order chi connectivity index (χ1) is 6.04. The molecular weight excluding hydrogens is 162 g/mol. The largest absolute Gasteiger partial charge is 0.294 e. The highest BCUT2D eigenvalue weighted by Gasteiger charge is 2.37. The number of hydrogen-bond acceptors (Lipinski definition) is 2. The van der Waals surface area contributed by atoms with Crippen molar-refractivity contribution in [2.24, 2.45) is 5.41 Å². The van der Waals surface area contributed by atoms with Gasteiger partial charge in [-0.3, -0.25) is 10.6 Å². The average molecular weight is 182 g/mol. The second-order valence-corrected chi connectivity index (χ2v) is 5.36. The number of fused-ring (bicyclic) bond motifs is 1. The predicted octanol–water partition coefficient (Wildman–Crippen LogP) is 0.0169. The second kappa shape index (κ2) is 3.07. The fourth-order valence-corrected chi connectivity index (χ4v) is 2.18. The molecule has 2 unspecified atom stereocenters. The van der Waals surface area contributed by atoms with Crippen molar-refractivity contribution < 1.29 is 4.58 Å². The van der Waals surface area contributed by atoms with Crippen LogP contribution in [0.3, 0.4) is 0 Å². The van der Waals surface area contributed by atoms with Crippen LogP contribution in [-0.2, 0) is 0 Å². The van der Waals surface area contributed by atoms with E-state index in [1.807, 2.05) is 0 Å². The molecule has 13 heavy (non-hydrogen) atoms. The summed E-state index contributed by atoms with van der Waals surface area (Å²) in [6.45, 7) is 10.1. The number of nitrogens with one attached hydrogen (secondary N) is 2.